The van der Waals surface area contributed by atoms with Crippen LogP contribution in [0.25, 0.3) is 0 Å². The Morgan fingerprint density at radius 3 is 2.48 bits per heavy atom. The van der Waals surface area contributed by atoms with Crippen molar-refractivity contribution in [2.75, 3.05) is 0 Å². The van der Waals surface area contributed by atoms with Gasteiger partial charge in [-0.1, -0.05) is 24.3 Å². The van der Waals surface area contributed by atoms with E-state index in [0.29, 0.717) is 32.4 Å². The minimum Gasteiger partial charge on any atom is -0.345 e. The second kappa shape index (κ2) is 7.06. The van der Waals surface area contributed by atoms with Crippen LogP contribution in [0.2, 0.25) is 0 Å². The number of nitrogens with zero attached hydrogens (tertiary/aromatic N) is 3. The molecule has 0 radical (unpaired) electrons. The van der Waals surface area contributed by atoms with Crippen LogP contribution in [0.3, 0.4) is 0 Å². The average Bonchev–Trinajstić information content (AvgIpc) is 3.25. The van der Waals surface area contributed by atoms with Crippen molar-refractivity contribution < 1.29 is 9.59 Å². The third-order valence-corrected chi connectivity index (χ3v) is 4.71. The maximum absolute atomic E-state index is 12.6. The number of fused-ring (bicyclic) bond motifs is 1. The predicted octanol–water partition coefficient (Wildman–Crippen LogP) is 2.39. The lowest BCUT2D eigenvalue weighted by Gasteiger charge is -2.21. The largest absolute Gasteiger partial charge is 0.345 e. The summed E-state index contributed by atoms with van der Waals surface area (Å²) >= 11 is 0. The highest BCUT2D eigenvalue weighted by Gasteiger charge is 2.39. The normalized spacial score (nSPS) is 17.5. The maximum atomic E-state index is 12.6. The Kier molecular flexibility index (Phi) is 4.84. The summed E-state index contributed by atoms with van der Waals surface area (Å²) < 4.78 is 0. The molecule has 0 saturated heterocycles. The van der Waals surface area contributed by atoms with E-state index in [2.05, 4.69) is 21.5 Å². The molecule has 0 aliphatic carbocycles. The summed E-state index contributed by atoms with van der Waals surface area (Å²) in [5.41, 5.74) is 1.87. The molecule has 130 valence electrons. The molecule has 6 heteroatoms. The quantitative estimate of drug-likeness (QED) is 0.775. The molecule has 0 fully saturated rings. The minimum atomic E-state index is -0.545. The molecule has 1 aromatic carbocycles. The molecule has 2 aliphatic heterocycles. The van der Waals surface area contributed by atoms with Gasteiger partial charge in [-0.05, 0) is 18.1 Å². The van der Waals surface area contributed by atoms with Crippen molar-refractivity contribution in [1.29, 1.82) is 0 Å². The molecule has 6 nitrogen and oxygen atoms in total. The van der Waals surface area contributed by atoms with Gasteiger partial charge in [-0.3, -0.25) is 9.59 Å². The van der Waals surface area contributed by atoms with Gasteiger partial charge in [-0.2, -0.15) is 10.2 Å². The molecular weight excluding hydrogens is 316 g/mol. The van der Waals surface area contributed by atoms with Crippen LogP contribution in [0.4, 0.5) is 0 Å². The highest BCUT2D eigenvalue weighted by Crippen LogP contribution is 2.37. The number of terminal acetylenes is 1. The van der Waals surface area contributed by atoms with Crippen molar-refractivity contribution in [3.8, 4) is 12.3 Å². The van der Waals surface area contributed by atoms with E-state index >= 15 is 0 Å². The molecule has 0 saturated carbocycles. The highest BCUT2D eigenvalue weighted by atomic mass is 16.2. The van der Waals surface area contributed by atoms with Crippen LogP contribution in [0.15, 0.2) is 34.5 Å². The summed E-state index contributed by atoms with van der Waals surface area (Å²) in [7, 11) is 0. The van der Waals surface area contributed by atoms with E-state index in [-0.39, 0.29) is 18.2 Å². The first-order chi connectivity index (χ1) is 12.0. The number of nitrogens with one attached hydrogen (secondary N) is 1. The molecule has 0 spiro atoms. The van der Waals surface area contributed by atoms with E-state index in [4.69, 9.17) is 6.42 Å². The molecule has 1 atom stereocenters. The second-order valence-electron chi connectivity index (χ2n) is 6.64. The summed E-state index contributed by atoms with van der Waals surface area (Å²) in [4.78, 5) is 26.5. The van der Waals surface area contributed by atoms with Crippen LogP contribution in [-0.4, -0.2) is 28.4 Å². The van der Waals surface area contributed by atoms with Crippen molar-refractivity contribution in [3.05, 3.63) is 35.4 Å². The molecule has 2 heterocycles. The average molecular weight is 338 g/mol. The third kappa shape index (κ3) is 4.05. The Bertz CT molecular complexity index is 719. The number of benzene rings is 1. The number of hydrogen-bond acceptors (Lipinski definition) is 4. The fraction of sp³-hybridized carbons (Fsp3) is 0.474. The van der Waals surface area contributed by atoms with Crippen molar-refractivity contribution in [1.82, 2.24) is 10.2 Å². The molecule has 1 aromatic rings. The van der Waals surface area contributed by atoms with E-state index in [1.165, 1.54) is 11.1 Å². The fourth-order valence-electron chi connectivity index (χ4n) is 3.12. The van der Waals surface area contributed by atoms with Crippen molar-refractivity contribution in [2.24, 2.45) is 10.2 Å². The Labute approximate surface area is 147 Å². The smallest absolute Gasteiger partial charge is 0.245 e. The van der Waals surface area contributed by atoms with Gasteiger partial charge in [0.2, 0.25) is 11.8 Å². The summed E-state index contributed by atoms with van der Waals surface area (Å²) in [6, 6.07) is 7.47. The van der Waals surface area contributed by atoms with E-state index in [1.807, 2.05) is 24.3 Å². The van der Waals surface area contributed by atoms with Crippen LogP contribution in [0, 0.1) is 12.3 Å². The van der Waals surface area contributed by atoms with Gasteiger partial charge >= 0.3 is 0 Å². The Balaban J connectivity index is 1.44. The molecule has 2 amide bonds. The molecule has 0 unspecified atom stereocenters. The molecule has 25 heavy (non-hydrogen) atoms. The van der Waals surface area contributed by atoms with Crippen LogP contribution in [0.5, 0.6) is 0 Å². The minimum absolute atomic E-state index is 0.0626. The number of carbonyl (C=O) groups is 2. The lowest BCUT2D eigenvalue weighted by Crippen LogP contribution is -2.45. The van der Waals surface area contributed by atoms with Gasteiger partial charge in [-0.25, -0.2) is 0 Å². The monoisotopic (exact) mass is 338 g/mol. The van der Waals surface area contributed by atoms with Crippen LogP contribution < -0.4 is 5.32 Å². The fourth-order valence-corrected chi connectivity index (χ4v) is 3.12. The zero-order valence-corrected chi connectivity index (χ0v) is 14.4. The first kappa shape index (κ1) is 17.2. The SMILES string of the molecule is C#CCCC1(CCC(=O)N[C@@H](C)C(=O)N2Cc3ccccc3C2)N=N1. The molecule has 0 aromatic heterocycles. The van der Waals surface area contributed by atoms with Crippen molar-refractivity contribution in [3.63, 3.8) is 0 Å². The van der Waals surface area contributed by atoms with E-state index < -0.39 is 11.7 Å². The summed E-state index contributed by atoms with van der Waals surface area (Å²) in [6.07, 6.45) is 7.35. The highest BCUT2D eigenvalue weighted by molar-refractivity contribution is 5.87. The van der Waals surface area contributed by atoms with Gasteiger partial charge in [0.25, 0.3) is 0 Å². The standard InChI is InChI=1S/C19H22N4O2/c1-3-4-10-19(21-22-19)11-9-17(24)20-14(2)18(25)23-12-15-7-5-6-8-16(15)13-23/h1,5-8,14H,4,9-13H2,2H3,(H,20,24)/t14-/m0/s1. The number of rotatable bonds is 7. The molecule has 3 rings (SSSR count). The van der Waals surface area contributed by atoms with Gasteiger partial charge in [0.1, 0.15) is 6.04 Å². The molecule has 0 bridgehead atoms. The van der Waals surface area contributed by atoms with Gasteiger partial charge in [-0.15, -0.1) is 12.3 Å². The number of hydrogen-bond donors (Lipinski definition) is 1. The summed E-state index contributed by atoms with van der Waals surface area (Å²) in [5.74, 6) is 2.35. The van der Waals surface area contributed by atoms with E-state index in [9.17, 15) is 9.59 Å². The van der Waals surface area contributed by atoms with Crippen LogP contribution in [0.1, 0.15) is 43.7 Å². The van der Waals surface area contributed by atoms with Crippen LogP contribution >= 0.6 is 0 Å². The maximum Gasteiger partial charge on any atom is 0.245 e. The molecule has 1 N–H and O–H groups in total. The second-order valence-corrected chi connectivity index (χ2v) is 6.64. The van der Waals surface area contributed by atoms with Crippen molar-refractivity contribution >= 4 is 11.8 Å². The summed E-state index contributed by atoms with van der Waals surface area (Å²) in [6.45, 7) is 2.92. The zero-order valence-electron chi connectivity index (χ0n) is 14.4. The van der Waals surface area contributed by atoms with Gasteiger partial charge < -0.3 is 10.2 Å². The lowest BCUT2D eigenvalue weighted by molar-refractivity contribution is -0.136. The van der Waals surface area contributed by atoms with Gasteiger partial charge in [0.05, 0.1) is 0 Å². The van der Waals surface area contributed by atoms with Gasteiger partial charge in [0, 0.05) is 38.8 Å². The topological polar surface area (TPSA) is 74.1 Å². The first-order valence-corrected chi connectivity index (χ1v) is 8.55. The zero-order chi connectivity index (χ0) is 17.9. The number of amides is 2. The number of carbonyl (C=O) groups excluding carboxylic acids is 2. The summed E-state index contributed by atoms with van der Waals surface area (Å²) in [5, 5.41) is 10.8. The Hall–Kier alpha value is -2.68. The van der Waals surface area contributed by atoms with Crippen molar-refractivity contribution in [2.45, 2.75) is 57.4 Å². The Morgan fingerprint density at radius 1 is 1.28 bits per heavy atom. The lowest BCUT2D eigenvalue weighted by atomic mass is 10.0. The van der Waals surface area contributed by atoms with E-state index in [1.54, 1.807) is 11.8 Å². The first-order valence-electron chi connectivity index (χ1n) is 8.55. The van der Waals surface area contributed by atoms with Crippen LogP contribution in [-0.2, 0) is 22.7 Å². The predicted molar refractivity (Wildman–Crippen MR) is 93.2 cm³/mol. The third-order valence-electron chi connectivity index (χ3n) is 4.71. The molecule has 2 aliphatic rings. The van der Waals surface area contributed by atoms with E-state index in [0.717, 1.165) is 0 Å². The van der Waals surface area contributed by atoms with Gasteiger partial charge in [0.15, 0.2) is 5.66 Å². The Morgan fingerprint density at radius 2 is 1.92 bits per heavy atom. The molecular formula is C19H22N4O2.